The Morgan fingerprint density at radius 2 is 2.05 bits per heavy atom. The second-order valence-electron chi connectivity index (χ2n) is 4.08. The lowest BCUT2D eigenvalue weighted by Crippen LogP contribution is -1.91. The van der Waals surface area contributed by atoms with E-state index in [0.29, 0.717) is 0 Å². The van der Waals surface area contributed by atoms with Gasteiger partial charge < -0.3 is 5.32 Å². The molecule has 0 saturated carbocycles. The van der Waals surface area contributed by atoms with Gasteiger partial charge in [-0.3, -0.25) is 0 Å². The number of halogens is 2. The third-order valence-electron chi connectivity index (χ3n) is 2.84. The van der Waals surface area contributed by atoms with Crippen LogP contribution in [-0.4, -0.2) is 12.0 Å². The molecule has 0 fully saturated rings. The minimum absolute atomic E-state index is 1.05. The Morgan fingerprint density at radius 3 is 2.79 bits per heavy atom. The monoisotopic (exact) mass is 444 g/mol. The van der Waals surface area contributed by atoms with Crippen LogP contribution in [0.15, 0.2) is 40.9 Å². The Balaban J connectivity index is 2.11. The summed E-state index contributed by atoms with van der Waals surface area (Å²) in [7, 11) is 1.94. The molecule has 5 heteroatoms. The largest absolute Gasteiger partial charge is 0.387 e. The molecule has 2 aromatic carbocycles. The van der Waals surface area contributed by atoms with Gasteiger partial charge in [0, 0.05) is 26.3 Å². The minimum Gasteiger partial charge on any atom is -0.387 e. The molecular formula is C14H10BrIN2S. The highest BCUT2D eigenvalue weighted by Gasteiger charge is 2.08. The van der Waals surface area contributed by atoms with Crippen molar-refractivity contribution in [1.29, 1.82) is 0 Å². The summed E-state index contributed by atoms with van der Waals surface area (Å²) >= 11 is 7.56. The van der Waals surface area contributed by atoms with Crippen LogP contribution in [0.5, 0.6) is 0 Å². The van der Waals surface area contributed by atoms with Gasteiger partial charge in [-0.05, 0) is 59.0 Å². The second kappa shape index (κ2) is 5.38. The first kappa shape index (κ1) is 13.3. The number of nitrogens with zero attached hydrogens (tertiary/aromatic N) is 1. The van der Waals surface area contributed by atoms with Crippen LogP contribution >= 0.6 is 49.9 Å². The van der Waals surface area contributed by atoms with E-state index in [-0.39, 0.29) is 0 Å². The van der Waals surface area contributed by atoms with Crippen LogP contribution in [0.25, 0.3) is 20.8 Å². The first-order valence-corrected chi connectivity index (χ1v) is 8.40. The van der Waals surface area contributed by atoms with Gasteiger partial charge in [0.25, 0.3) is 0 Å². The highest BCUT2D eigenvalue weighted by molar-refractivity contribution is 14.1. The highest BCUT2D eigenvalue weighted by atomic mass is 127. The maximum atomic E-state index is 4.69. The van der Waals surface area contributed by atoms with Crippen LogP contribution in [0.1, 0.15) is 0 Å². The zero-order valence-corrected chi connectivity index (χ0v) is 14.6. The number of hydrogen-bond acceptors (Lipinski definition) is 3. The molecule has 19 heavy (non-hydrogen) atoms. The number of rotatable bonds is 2. The minimum atomic E-state index is 1.05. The molecule has 1 aromatic heterocycles. The summed E-state index contributed by atoms with van der Waals surface area (Å²) in [4.78, 5) is 4.69. The molecular weight excluding hydrogens is 435 g/mol. The van der Waals surface area contributed by atoms with Crippen molar-refractivity contribution in [3.8, 4) is 10.6 Å². The normalized spacial score (nSPS) is 10.9. The number of fused-ring (bicyclic) bond motifs is 1. The van der Waals surface area contributed by atoms with E-state index < -0.39 is 0 Å². The summed E-state index contributed by atoms with van der Waals surface area (Å²) in [5.74, 6) is 0. The maximum Gasteiger partial charge on any atom is 0.124 e. The Hall–Kier alpha value is -0.660. The number of anilines is 1. The Bertz CT molecular complexity index is 754. The van der Waals surface area contributed by atoms with Gasteiger partial charge in [-0.25, -0.2) is 4.98 Å². The second-order valence-corrected chi connectivity index (χ2v) is 7.18. The first-order chi connectivity index (χ1) is 9.17. The number of nitrogens with one attached hydrogen (secondary N) is 1. The molecule has 0 atom stereocenters. The molecule has 0 bridgehead atoms. The van der Waals surface area contributed by atoms with E-state index in [1.807, 2.05) is 19.2 Å². The van der Waals surface area contributed by atoms with E-state index in [2.05, 4.69) is 68.1 Å². The van der Waals surface area contributed by atoms with Crippen LogP contribution in [0.3, 0.4) is 0 Å². The molecule has 3 aromatic rings. The van der Waals surface area contributed by atoms with Gasteiger partial charge in [-0.1, -0.05) is 15.9 Å². The molecule has 1 N–H and O–H groups in total. The molecule has 0 spiro atoms. The fourth-order valence-electron chi connectivity index (χ4n) is 1.87. The number of hydrogen-bond donors (Lipinski definition) is 1. The smallest absolute Gasteiger partial charge is 0.124 e. The third kappa shape index (κ3) is 2.64. The van der Waals surface area contributed by atoms with E-state index in [1.165, 1.54) is 13.8 Å². The zero-order valence-electron chi connectivity index (χ0n) is 10.1. The Morgan fingerprint density at radius 1 is 1.21 bits per heavy atom. The predicted octanol–water partition coefficient (Wildman–Crippen LogP) is 5.37. The maximum absolute atomic E-state index is 4.69. The summed E-state index contributed by atoms with van der Waals surface area (Å²) in [6.45, 7) is 0. The molecule has 96 valence electrons. The molecule has 2 nitrogen and oxygen atoms in total. The van der Waals surface area contributed by atoms with Crippen molar-refractivity contribution in [3.63, 3.8) is 0 Å². The topological polar surface area (TPSA) is 24.9 Å². The van der Waals surface area contributed by atoms with Crippen LogP contribution < -0.4 is 5.32 Å². The van der Waals surface area contributed by atoms with Gasteiger partial charge in [0.2, 0.25) is 0 Å². The molecule has 0 aliphatic heterocycles. The lowest BCUT2D eigenvalue weighted by atomic mass is 10.2. The van der Waals surface area contributed by atoms with E-state index in [0.717, 1.165) is 20.7 Å². The molecule has 0 radical (unpaired) electrons. The van der Waals surface area contributed by atoms with Crippen molar-refractivity contribution in [2.45, 2.75) is 0 Å². The number of aromatic nitrogens is 1. The molecule has 3 rings (SSSR count). The van der Waals surface area contributed by atoms with Gasteiger partial charge in [-0.15, -0.1) is 11.3 Å². The Kier molecular flexibility index (Phi) is 3.77. The summed E-state index contributed by atoms with van der Waals surface area (Å²) in [5, 5.41) is 4.24. The van der Waals surface area contributed by atoms with Gasteiger partial charge in [0.1, 0.15) is 5.01 Å². The summed E-state index contributed by atoms with van der Waals surface area (Å²) in [5.41, 5.74) is 3.37. The van der Waals surface area contributed by atoms with E-state index >= 15 is 0 Å². The average Bonchev–Trinajstić information content (AvgIpc) is 2.81. The van der Waals surface area contributed by atoms with E-state index in [4.69, 9.17) is 4.98 Å². The summed E-state index contributed by atoms with van der Waals surface area (Å²) < 4.78 is 3.51. The van der Waals surface area contributed by atoms with Crippen molar-refractivity contribution >= 4 is 65.8 Å². The molecule has 0 aliphatic carbocycles. The zero-order chi connectivity index (χ0) is 13.4. The SMILES string of the molecule is CNc1ccc(-c2nc3ccc(Br)cc3s2)cc1I. The van der Waals surface area contributed by atoms with Gasteiger partial charge in [0.15, 0.2) is 0 Å². The van der Waals surface area contributed by atoms with E-state index in [9.17, 15) is 0 Å². The summed E-state index contributed by atoms with van der Waals surface area (Å²) in [6, 6.07) is 12.6. The Labute approximate surface area is 137 Å². The van der Waals surface area contributed by atoms with Gasteiger partial charge >= 0.3 is 0 Å². The van der Waals surface area contributed by atoms with Crippen LogP contribution in [0.2, 0.25) is 0 Å². The average molecular weight is 445 g/mol. The van der Waals surface area contributed by atoms with Crippen molar-refractivity contribution in [1.82, 2.24) is 4.98 Å². The predicted molar refractivity (Wildman–Crippen MR) is 95.0 cm³/mol. The quantitative estimate of drug-likeness (QED) is 0.537. The molecule has 0 unspecified atom stereocenters. The summed E-state index contributed by atoms with van der Waals surface area (Å²) in [6.07, 6.45) is 0. The highest BCUT2D eigenvalue weighted by Crippen LogP contribution is 2.33. The van der Waals surface area contributed by atoms with Gasteiger partial charge in [-0.2, -0.15) is 0 Å². The van der Waals surface area contributed by atoms with Crippen molar-refractivity contribution < 1.29 is 0 Å². The number of benzene rings is 2. The van der Waals surface area contributed by atoms with Crippen LogP contribution in [-0.2, 0) is 0 Å². The lowest BCUT2D eigenvalue weighted by molar-refractivity contribution is 1.44. The fourth-order valence-corrected chi connectivity index (χ4v) is 4.17. The lowest BCUT2D eigenvalue weighted by Gasteiger charge is -2.04. The molecule has 1 heterocycles. The first-order valence-electron chi connectivity index (χ1n) is 5.71. The van der Waals surface area contributed by atoms with Crippen LogP contribution in [0.4, 0.5) is 5.69 Å². The third-order valence-corrected chi connectivity index (χ3v) is 5.29. The van der Waals surface area contributed by atoms with Crippen molar-refractivity contribution in [3.05, 3.63) is 44.4 Å². The molecule has 0 aliphatic rings. The van der Waals surface area contributed by atoms with Crippen molar-refractivity contribution in [2.24, 2.45) is 0 Å². The molecule has 0 amide bonds. The molecule has 0 saturated heterocycles. The van der Waals surface area contributed by atoms with Crippen molar-refractivity contribution in [2.75, 3.05) is 12.4 Å². The number of thiazole rings is 1. The standard InChI is InChI=1S/C14H10BrIN2S/c1-17-11-4-2-8(6-10(11)16)14-18-12-5-3-9(15)7-13(12)19-14/h2-7,17H,1H3. The van der Waals surface area contributed by atoms with Crippen LogP contribution in [0, 0.1) is 3.57 Å². The van der Waals surface area contributed by atoms with Gasteiger partial charge in [0.05, 0.1) is 10.2 Å². The van der Waals surface area contributed by atoms with E-state index in [1.54, 1.807) is 11.3 Å². The fraction of sp³-hybridized carbons (Fsp3) is 0.0714.